The Morgan fingerprint density at radius 1 is 1.11 bits per heavy atom. The third-order valence-corrected chi connectivity index (χ3v) is 5.72. The maximum Gasteiger partial charge on any atom is 0.262 e. The van der Waals surface area contributed by atoms with Crippen LogP contribution in [-0.2, 0) is 17.9 Å². The molecule has 0 radical (unpaired) electrons. The molecule has 1 fully saturated rings. The van der Waals surface area contributed by atoms with E-state index < -0.39 is 0 Å². The number of aryl methyl sites for hydroxylation is 1. The first-order valence-corrected chi connectivity index (χ1v) is 9.90. The van der Waals surface area contributed by atoms with Gasteiger partial charge in [-0.2, -0.15) is 0 Å². The van der Waals surface area contributed by atoms with Gasteiger partial charge in [-0.05, 0) is 29.1 Å². The molecule has 140 valence electrons. The van der Waals surface area contributed by atoms with Gasteiger partial charge >= 0.3 is 0 Å². The van der Waals surface area contributed by atoms with Crippen molar-refractivity contribution in [1.29, 1.82) is 0 Å². The summed E-state index contributed by atoms with van der Waals surface area (Å²) in [6.07, 6.45) is 5.47. The van der Waals surface area contributed by atoms with Gasteiger partial charge < -0.3 is 4.90 Å². The highest BCUT2D eigenvalue weighted by Crippen LogP contribution is 2.13. The van der Waals surface area contributed by atoms with Crippen molar-refractivity contribution in [3.8, 4) is 0 Å². The van der Waals surface area contributed by atoms with Gasteiger partial charge in [-0.3, -0.25) is 24.0 Å². The predicted octanol–water partition coefficient (Wildman–Crippen LogP) is 1.59. The maximum absolute atomic E-state index is 12.5. The first-order valence-electron chi connectivity index (χ1n) is 9.02. The quantitative estimate of drug-likeness (QED) is 0.669. The standard InChI is InChI=1S/C19H21N5O2S/c25-17(3-7-24-14-21-18-16(19(24)26)4-12-27-18)23-10-8-22(9-11-23)13-15-1-5-20-6-2-15/h1-2,4-6,12,14H,3,7-11,13H2. The molecule has 3 aromatic rings. The fraction of sp³-hybridized carbons (Fsp3) is 0.368. The van der Waals surface area contributed by atoms with Crippen molar-refractivity contribution in [1.82, 2.24) is 24.3 Å². The zero-order valence-electron chi connectivity index (χ0n) is 15.0. The molecule has 0 N–H and O–H groups in total. The second-order valence-corrected chi connectivity index (χ2v) is 7.54. The number of piperazine rings is 1. The minimum absolute atomic E-state index is 0.0729. The summed E-state index contributed by atoms with van der Waals surface area (Å²) < 4.78 is 1.53. The summed E-state index contributed by atoms with van der Waals surface area (Å²) in [6, 6.07) is 5.83. The topological polar surface area (TPSA) is 71.3 Å². The van der Waals surface area contributed by atoms with Crippen LogP contribution in [0.5, 0.6) is 0 Å². The Morgan fingerprint density at radius 2 is 1.89 bits per heavy atom. The lowest BCUT2D eigenvalue weighted by Gasteiger charge is -2.34. The summed E-state index contributed by atoms with van der Waals surface area (Å²) in [7, 11) is 0. The number of pyridine rings is 1. The molecule has 8 heteroatoms. The highest BCUT2D eigenvalue weighted by atomic mass is 32.1. The van der Waals surface area contributed by atoms with E-state index in [2.05, 4.69) is 14.9 Å². The van der Waals surface area contributed by atoms with Crippen LogP contribution in [0.4, 0.5) is 0 Å². The second kappa shape index (κ2) is 7.98. The molecule has 0 aromatic carbocycles. The summed E-state index contributed by atoms with van der Waals surface area (Å²) in [6.45, 7) is 4.41. The Kier molecular flexibility index (Phi) is 5.26. The molecule has 27 heavy (non-hydrogen) atoms. The highest BCUT2D eigenvalue weighted by Gasteiger charge is 2.21. The number of fused-ring (bicyclic) bond motifs is 1. The fourth-order valence-electron chi connectivity index (χ4n) is 3.33. The Balaban J connectivity index is 1.29. The van der Waals surface area contributed by atoms with Crippen LogP contribution in [0.3, 0.4) is 0 Å². The number of carbonyl (C=O) groups is 1. The molecule has 1 aliphatic rings. The van der Waals surface area contributed by atoms with Crippen LogP contribution in [0.15, 0.2) is 47.1 Å². The van der Waals surface area contributed by atoms with Crippen LogP contribution in [0.2, 0.25) is 0 Å². The van der Waals surface area contributed by atoms with Crippen molar-refractivity contribution >= 4 is 27.5 Å². The number of carbonyl (C=O) groups excluding carboxylic acids is 1. The zero-order chi connectivity index (χ0) is 18.6. The number of hydrogen-bond donors (Lipinski definition) is 0. The van der Waals surface area contributed by atoms with Crippen LogP contribution < -0.4 is 5.56 Å². The lowest BCUT2D eigenvalue weighted by atomic mass is 10.2. The second-order valence-electron chi connectivity index (χ2n) is 6.64. The lowest BCUT2D eigenvalue weighted by Crippen LogP contribution is -2.48. The van der Waals surface area contributed by atoms with E-state index in [1.807, 2.05) is 22.4 Å². The number of hydrogen-bond acceptors (Lipinski definition) is 6. The van der Waals surface area contributed by atoms with Crippen LogP contribution in [0, 0.1) is 0 Å². The first kappa shape index (κ1) is 17.8. The van der Waals surface area contributed by atoms with E-state index in [1.54, 1.807) is 24.8 Å². The summed E-state index contributed by atoms with van der Waals surface area (Å²) >= 11 is 1.45. The van der Waals surface area contributed by atoms with E-state index in [-0.39, 0.29) is 11.5 Å². The van der Waals surface area contributed by atoms with Crippen molar-refractivity contribution in [2.45, 2.75) is 19.5 Å². The largest absolute Gasteiger partial charge is 0.340 e. The Labute approximate surface area is 160 Å². The molecule has 1 aliphatic heterocycles. The van der Waals surface area contributed by atoms with Gasteiger partial charge in [-0.1, -0.05) is 0 Å². The summed E-state index contributed by atoms with van der Waals surface area (Å²) in [4.78, 5) is 38.2. The van der Waals surface area contributed by atoms with Crippen molar-refractivity contribution in [2.24, 2.45) is 0 Å². The average Bonchev–Trinajstić information content (AvgIpc) is 3.18. The number of thiophene rings is 1. The van der Waals surface area contributed by atoms with Crippen molar-refractivity contribution < 1.29 is 4.79 Å². The predicted molar refractivity (Wildman–Crippen MR) is 105 cm³/mol. The normalized spacial score (nSPS) is 15.3. The van der Waals surface area contributed by atoms with E-state index >= 15 is 0 Å². The minimum Gasteiger partial charge on any atom is -0.340 e. The van der Waals surface area contributed by atoms with Gasteiger partial charge in [0.15, 0.2) is 0 Å². The maximum atomic E-state index is 12.5. The molecule has 7 nitrogen and oxygen atoms in total. The van der Waals surface area contributed by atoms with Gasteiger partial charge in [0.1, 0.15) is 4.83 Å². The molecule has 4 heterocycles. The van der Waals surface area contributed by atoms with Gasteiger partial charge in [-0.25, -0.2) is 4.98 Å². The fourth-order valence-corrected chi connectivity index (χ4v) is 4.05. The smallest absolute Gasteiger partial charge is 0.262 e. The van der Waals surface area contributed by atoms with E-state index in [9.17, 15) is 9.59 Å². The monoisotopic (exact) mass is 383 g/mol. The zero-order valence-corrected chi connectivity index (χ0v) is 15.8. The molecule has 4 rings (SSSR count). The highest BCUT2D eigenvalue weighted by molar-refractivity contribution is 7.16. The minimum atomic E-state index is -0.0729. The van der Waals surface area contributed by atoms with Gasteiger partial charge in [-0.15, -0.1) is 11.3 Å². The number of nitrogens with zero attached hydrogens (tertiary/aromatic N) is 5. The Morgan fingerprint density at radius 3 is 2.67 bits per heavy atom. The number of amides is 1. The van der Waals surface area contributed by atoms with Gasteiger partial charge in [0, 0.05) is 58.1 Å². The molecule has 0 atom stereocenters. The van der Waals surface area contributed by atoms with Crippen molar-refractivity contribution in [2.75, 3.05) is 26.2 Å². The van der Waals surface area contributed by atoms with Crippen LogP contribution in [0.25, 0.3) is 10.2 Å². The molecule has 0 bridgehead atoms. The van der Waals surface area contributed by atoms with E-state index in [4.69, 9.17) is 0 Å². The van der Waals surface area contributed by atoms with E-state index in [1.165, 1.54) is 21.5 Å². The molecular formula is C19H21N5O2S. The molecule has 1 saturated heterocycles. The SMILES string of the molecule is O=C(CCn1cnc2sccc2c1=O)N1CCN(Cc2ccncc2)CC1. The number of aromatic nitrogens is 3. The van der Waals surface area contributed by atoms with Crippen LogP contribution >= 0.6 is 11.3 Å². The Bertz CT molecular complexity index is 976. The van der Waals surface area contributed by atoms with Crippen molar-refractivity contribution in [3.05, 3.63) is 58.2 Å². The van der Waals surface area contributed by atoms with E-state index in [0.29, 0.717) is 18.4 Å². The third kappa shape index (κ3) is 4.06. The molecule has 3 aromatic heterocycles. The summed E-state index contributed by atoms with van der Waals surface area (Å²) in [5, 5.41) is 2.49. The molecule has 0 spiro atoms. The molecule has 0 saturated carbocycles. The number of rotatable bonds is 5. The molecule has 0 aliphatic carbocycles. The van der Waals surface area contributed by atoms with Crippen LogP contribution in [-0.4, -0.2) is 56.4 Å². The summed E-state index contributed by atoms with van der Waals surface area (Å²) in [5.74, 6) is 0.0934. The molecule has 0 unspecified atom stereocenters. The van der Waals surface area contributed by atoms with Gasteiger partial charge in [0.05, 0.1) is 11.7 Å². The molecular weight excluding hydrogens is 362 g/mol. The van der Waals surface area contributed by atoms with E-state index in [0.717, 1.165) is 37.6 Å². The third-order valence-electron chi connectivity index (χ3n) is 4.90. The summed E-state index contributed by atoms with van der Waals surface area (Å²) in [5.41, 5.74) is 1.16. The average molecular weight is 383 g/mol. The van der Waals surface area contributed by atoms with Crippen LogP contribution in [0.1, 0.15) is 12.0 Å². The lowest BCUT2D eigenvalue weighted by molar-refractivity contribution is -0.133. The van der Waals surface area contributed by atoms with Gasteiger partial charge in [0.25, 0.3) is 5.56 Å². The Hall–Kier alpha value is -2.58. The molecule has 1 amide bonds. The first-order chi connectivity index (χ1) is 13.2. The van der Waals surface area contributed by atoms with Gasteiger partial charge in [0.2, 0.25) is 5.91 Å². The van der Waals surface area contributed by atoms with Crippen molar-refractivity contribution in [3.63, 3.8) is 0 Å².